The van der Waals surface area contributed by atoms with Crippen molar-refractivity contribution in [2.24, 2.45) is 5.92 Å². The molecule has 4 nitrogen and oxygen atoms in total. The van der Waals surface area contributed by atoms with Crippen molar-refractivity contribution in [2.75, 3.05) is 11.9 Å². The van der Waals surface area contributed by atoms with E-state index >= 15 is 0 Å². The second kappa shape index (κ2) is 9.16. The van der Waals surface area contributed by atoms with Gasteiger partial charge in [-0.2, -0.15) is 0 Å². The highest BCUT2D eigenvalue weighted by Crippen LogP contribution is 2.11. The molecule has 4 heteroatoms. The predicted molar refractivity (Wildman–Crippen MR) is 86.1 cm³/mol. The molecule has 2 amide bonds. The Labute approximate surface area is 127 Å². The van der Waals surface area contributed by atoms with Gasteiger partial charge < -0.3 is 10.6 Å². The Morgan fingerprint density at radius 1 is 1.19 bits per heavy atom. The summed E-state index contributed by atoms with van der Waals surface area (Å²) in [5.74, 6) is 0.508. The van der Waals surface area contributed by atoms with Crippen molar-refractivity contribution >= 4 is 17.5 Å². The number of hydrogen-bond donors (Lipinski definition) is 2. The molecular formula is C17H26N2O2. The second-order valence-electron chi connectivity index (χ2n) is 5.58. The van der Waals surface area contributed by atoms with E-state index in [9.17, 15) is 9.59 Å². The Balaban J connectivity index is 2.29. The molecule has 0 heterocycles. The molecule has 0 aliphatic rings. The third-order valence-electron chi connectivity index (χ3n) is 3.33. The molecule has 0 spiro atoms. The van der Waals surface area contributed by atoms with Crippen LogP contribution in [0.3, 0.4) is 0 Å². The summed E-state index contributed by atoms with van der Waals surface area (Å²) >= 11 is 0. The summed E-state index contributed by atoms with van der Waals surface area (Å²) in [6.45, 7) is 6.39. The van der Waals surface area contributed by atoms with Gasteiger partial charge in [0.25, 0.3) is 0 Å². The van der Waals surface area contributed by atoms with Crippen molar-refractivity contribution in [1.82, 2.24) is 5.32 Å². The van der Waals surface area contributed by atoms with Gasteiger partial charge in [0.2, 0.25) is 11.8 Å². The molecular weight excluding hydrogens is 264 g/mol. The van der Waals surface area contributed by atoms with Gasteiger partial charge in [0.1, 0.15) is 0 Å². The molecule has 21 heavy (non-hydrogen) atoms. The first kappa shape index (κ1) is 17.2. The van der Waals surface area contributed by atoms with E-state index in [-0.39, 0.29) is 11.8 Å². The van der Waals surface area contributed by atoms with Crippen LogP contribution in [-0.4, -0.2) is 18.4 Å². The van der Waals surface area contributed by atoms with Gasteiger partial charge in [0.15, 0.2) is 0 Å². The molecule has 1 atom stereocenters. The first-order chi connectivity index (χ1) is 10.0. The summed E-state index contributed by atoms with van der Waals surface area (Å²) in [5.41, 5.74) is 1.94. The molecule has 0 saturated carbocycles. The van der Waals surface area contributed by atoms with Gasteiger partial charge in [-0.15, -0.1) is 0 Å². The van der Waals surface area contributed by atoms with Crippen LogP contribution in [0.1, 0.15) is 45.6 Å². The molecule has 116 valence electrons. The van der Waals surface area contributed by atoms with Crippen molar-refractivity contribution in [3.63, 3.8) is 0 Å². The van der Waals surface area contributed by atoms with E-state index in [1.165, 1.54) is 6.92 Å². The molecule has 1 rings (SSSR count). The van der Waals surface area contributed by atoms with Gasteiger partial charge in [-0.1, -0.05) is 38.8 Å². The van der Waals surface area contributed by atoms with Crippen molar-refractivity contribution in [3.8, 4) is 0 Å². The second-order valence-corrected chi connectivity index (χ2v) is 5.58. The predicted octanol–water partition coefficient (Wildman–Crippen LogP) is 3.13. The Bertz CT molecular complexity index is 454. The summed E-state index contributed by atoms with van der Waals surface area (Å²) in [5, 5.41) is 5.69. The molecule has 0 bridgehead atoms. The molecule has 1 aromatic rings. The van der Waals surface area contributed by atoms with Crippen molar-refractivity contribution in [3.05, 3.63) is 29.8 Å². The third-order valence-corrected chi connectivity index (χ3v) is 3.33. The number of nitrogens with one attached hydrogen (secondary N) is 2. The van der Waals surface area contributed by atoms with E-state index in [2.05, 4.69) is 24.5 Å². The fraction of sp³-hybridized carbons (Fsp3) is 0.529. The highest BCUT2D eigenvalue weighted by atomic mass is 16.2. The lowest BCUT2D eigenvalue weighted by molar-refractivity contribution is -0.122. The lowest BCUT2D eigenvalue weighted by atomic mass is 10.0. The van der Waals surface area contributed by atoms with Crippen LogP contribution in [0, 0.1) is 5.92 Å². The molecule has 0 aromatic heterocycles. The lowest BCUT2D eigenvalue weighted by Gasteiger charge is -2.10. The number of anilines is 1. The van der Waals surface area contributed by atoms with Gasteiger partial charge >= 0.3 is 0 Å². The number of benzene rings is 1. The van der Waals surface area contributed by atoms with Crippen LogP contribution in [0.25, 0.3) is 0 Å². The fourth-order valence-electron chi connectivity index (χ4n) is 2.29. The van der Waals surface area contributed by atoms with E-state index in [4.69, 9.17) is 0 Å². The van der Waals surface area contributed by atoms with Crippen molar-refractivity contribution in [2.45, 2.75) is 46.5 Å². The molecule has 0 fully saturated rings. The third kappa shape index (κ3) is 7.49. The van der Waals surface area contributed by atoms with Crippen LogP contribution >= 0.6 is 0 Å². The maximum atomic E-state index is 11.7. The highest BCUT2D eigenvalue weighted by molar-refractivity contribution is 5.88. The van der Waals surface area contributed by atoms with Crippen molar-refractivity contribution < 1.29 is 9.59 Å². The molecule has 0 saturated heterocycles. The number of carbonyl (C=O) groups is 2. The van der Waals surface area contributed by atoms with Crippen molar-refractivity contribution in [1.29, 1.82) is 0 Å². The molecule has 0 aliphatic carbocycles. The summed E-state index contributed by atoms with van der Waals surface area (Å²) in [6.07, 6.45) is 3.62. The standard InChI is InChI=1S/C17H26N2O2/c1-4-5-13(2)12-17(21)18-11-10-15-6-8-16(9-7-15)19-14(3)20/h6-9,13H,4-5,10-12H2,1-3H3,(H,18,21)(H,19,20). The molecule has 0 aliphatic heterocycles. The summed E-state index contributed by atoms with van der Waals surface area (Å²) in [7, 11) is 0. The van der Waals surface area contributed by atoms with Crippen LogP contribution < -0.4 is 10.6 Å². The van der Waals surface area contributed by atoms with Crippen LogP contribution in [0.2, 0.25) is 0 Å². The van der Waals surface area contributed by atoms with E-state index in [1.54, 1.807) is 0 Å². The van der Waals surface area contributed by atoms with Crippen LogP contribution in [0.4, 0.5) is 5.69 Å². The first-order valence-electron chi connectivity index (χ1n) is 7.64. The molecule has 1 aromatic carbocycles. The zero-order chi connectivity index (χ0) is 15.7. The molecule has 0 radical (unpaired) electrons. The number of hydrogen-bond acceptors (Lipinski definition) is 2. The summed E-state index contributed by atoms with van der Waals surface area (Å²) < 4.78 is 0. The highest BCUT2D eigenvalue weighted by Gasteiger charge is 2.07. The average molecular weight is 290 g/mol. The Morgan fingerprint density at radius 2 is 1.86 bits per heavy atom. The molecule has 1 unspecified atom stereocenters. The van der Waals surface area contributed by atoms with Gasteiger partial charge in [0, 0.05) is 25.6 Å². The number of amides is 2. The maximum absolute atomic E-state index is 11.7. The van der Waals surface area contributed by atoms with Gasteiger partial charge in [-0.3, -0.25) is 9.59 Å². The minimum Gasteiger partial charge on any atom is -0.356 e. The minimum absolute atomic E-state index is 0.0730. The maximum Gasteiger partial charge on any atom is 0.221 e. The Kier molecular flexibility index (Phi) is 7.51. The number of rotatable bonds is 8. The smallest absolute Gasteiger partial charge is 0.221 e. The normalized spacial score (nSPS) is 11.8. The number of carbonyl (C=O) groups excluding carboxylic acids is 2. The topological polar surface area (TPSA) is 58.2 Å². The van der Waals surface area contributed by atoms with Crippen LogP contribution in [-0.2, 0) is 16.0 Å². The quantitative estimate of drug-likeness (QED) is 0.773. The van der Waals surface area contributed by atoms with Crippen LogP contribution in [0.15, 0.2) is 24.3 Å². The monoisotopic (exact) mass is 290 g/mol. The Hall–Kier alpha value is -1.84. The van der Waals surface area contributed by atoms with Crippen LogP contribution in [0.5, 0.6) is 0 Å². The van der Waals surface area contributed by atoms with Gasteiger partial charge in [0.05, 0.1) is 0 Å². The largest absolute Gasteiger partial charge is 0.356 e. The zero-order valence-electron chi connectivity index (χ0n) is 13.2. The fourth-order valence-corrected chi connectivity index (χ4v) is 2.29. The van der Waals surface area contributed by atoms with E-state index < -0.39 is 0 Å². The summed E-state index contributed by atoms with van der Waals surface area (Å²) in [6, 6.07) is 7.69. The van der Waals surface area contributed by atoms with E-state index in [0.29, 0.717) is 18.9 Å². The summed E-state index contributed by atoms with van der Waals surface area (Å²) in [4.78, 5) is 22.7. The van der Waals surface area contributed by atoms with Gasteiger partial charge in [-0.25, -0.2) is 0 Å². The van der Waals surface area contributed by atoms with E-state index in [0.717, 1.165) is 30.5 Å². The molecule has 2 N–H and O–H groups in total. The minimum atomic E-state index is -0.0730. The van der Waals surface area contributed by atoms with E-state index in [1.807, 2.05) is 24.3 Å². The Morgan fingerprint density at radius 3 is 2.43 bits per heavy atom. The lowest BCUT2D eigenvalue weighted by Crippen LogP contribution is -2.27. The first-order valence-corrected chi connectivity index (χ1v) is 7.64. The average Bonchev–Trinajstić information content (AvgIpc) is 2.40. The SMILES string of the molecule is CCCC(C)CC(=O)NCCc1ccc(NC(C)=O)cc1. The zero-order valence-corrected chi connectivity index (χ0v) is 13.2. The van der Waals surface area contributed by atoms with Gasteiger partial charge in [-0.05, 0) is 30.0 Å².